The van der Waals surface area contributed by atoms with E-state index < -0.39 is 0 Å². The van der Waals surface area contributed by atoms with Crippen LogP contribution in [0.3, 0.4) is 0 Å². The Bertz CT molecular complexity index is 2530. The summed E-state index contributed by atoms with van der Waals surface area (Å²) in [6.07, 6.45) is 0. The van der Waals surface area contributed by atoms with Crippen LogP contribution in [0.15, 0.2) is 158 Å². The molecule has 0 aliphatic carbocycles. The number of ether oxygens (including phenoxy) is 2. The van der Waals surface area contributed by atoms with Crippen LogP contribution in [-0.4, -0.2) is 11.3 Å². The second kappa shape index (κ2) is 10.4. The molecule has 2 aliphatic rings. The van der Waals surface area contributed by atoms with Crippen LogP contribution in [0.25, 0.3) is 27.5 Å². The summed E-state index contributed by atoms with van der Waals surface area (Å²) in [6, 6.07) is 55.7. The molecule has 5 heteroatoms. The fourth-order valence-electron chi connectivity index (χ4n) is 7.69. The fraction of sp³-hybridized carbons (Fsp3) is 0.0233. The van der Waals surface area contributed by atoms with Crippen molar-refractivity contribution in [3.05, 3.63) is 163 Å². The highest BCUT2D eigenvalue weighted by atomic mass is 16.5. The number of hydrogen-bond donors (Lipinski definition) is 0. The Hall–Kier alpha value is -6.20. The zero-order valence-electron chi connectivity index (χ0n) is 26.3. The van der Waals surface area contributed by atoms with Gasteiger partial charge in [-0.2, -0.15) is 0 Å². The van der Waals surface area contributed by atoms with Gasteiger partial charge in [0.15, 0.2) is 5.75 Å². The van der Waals surface area contributed by atoms with E-state index in [1.54, 1.807) is 0 Å². The molecule has 4 nitrogen and oxygen atoms in total. The number of aryl methyl sites for hydroxylation is 1. The van der Waals surface area contributed by atoms with Crippen molar-refractivity contribution in [2.24, 2.45) is 0 Å². The summed E-state index contributed by atoms with van der Waals surface area (Å²) in [4.78, 5) is 2.33. The van der Waals surface area contributed by atoms with Gasteiger partial charge in [0.05, 0.1) is 11.0 Å². The zero-order chi connectivity index (χ0) is 31.8. The van der Waals surface area contributed by atoms with Crippen molar-refractivity contribution in [3.8, 4) is 28.7 Å². The predicted molar refractivity (Wildman–Crippen MR) is 198 cm³/mol. The van der Waals surface area contributed by atoms with Gasteiger partial charge in [0, 0.05) is 39.0 Å². The van der Waals surface area contributed by atoms with Gasteiger partial charge in [-0.15, -0.1) is 0 Å². The lowest BCUT2D eigenvalue weighted by Crippen LogP contribution is -2.57. The van der Waals surface area contributed by atoms with Crippen LogP contribution in [-0.2, 0) is 0 Å². The Kier molecular flexibility index (Phi) is 5.85. The standard InChI is InChI=1S/C43H29BN2O2/c1-28-13-12-18-31(25-28)45(29-14-4-2-5-15-29)32-23-24-33-34-27-40-41-43(42(34)46(37(33)26-32)30-16-6-3-7-17-30)48-39-22-11-9-20-36(39)44(41)35-19-8-10-21-38(35)47-40/h2-27H,1H3. The molecule has 48 heavy (non-hydrogen) atoms. The molecule has 0 bridgehead atoms. The van der Waals surface area contributed by atoms with Gasteiger partial charge in [0.1, 0.15) is 17.2 Å². The number of fused-ring (bicyclic) bond motifs is 8. The van der Waals surface area contributed by atoms with E-state index in [4.69, 9.17) is 9.47 Å². The number of rotatable bonds is 4. The van der Waals surface area contributed by atoms with E-state index >= 15 is 0 Å². The van der Waals surface area contributed by atoms with E-state index in [0.29, 0.717) is 0 Å². The molecule has 1 aromatic heterocycles. The molecule has 0 N–H and O–H groups in total. The molecule has 0 atom stereocenters. The van der Waals surface area contributed by atoms with Crippen LogP contribution in [0, 0.1) is 6.92 Å². The largest absolute Gasteiger partial charge is 0.458 e. The van der Waals surface area contributed by atoms with Crippen LogP contribution in [0.5, 0.6) is 23.0 Å². The van der Waals surface area contributed by atoms with Crippen LogP contribution in [0.4, 0.5) is 17.1 Å². The van der Waals surface area contributed by atoms with Gasteiger partial charge in [-0.1, -0.05) is 91.0 Å². The molecule has 0 fully saturated rings. The lowest BCUT2D eigenvalue weighted by molar-refractivity contribution is 0.467. The second-order valence-electron chi connectivity index (χ2n) is 12.6. The Balaban J connectivity index is 1.30. The smallest absolute Gasteiger partial charge is 0.260 e. The monoisotopic (exact) mass is 616 g/mol. The summed E-state index contributed by atoms with van der Waals surface area (Å²) in [5.74, 6) is 3.46. The minimum atomic E-state index is 0.00184. The van der Waals surface area contributed by atoms with Crippen molar-refractivity contribution in [2.45, 2.75) is 6.92 Å². The molecule has 0 spiro atoms. The lowest BCUT2D eigenvalue weighted by atomic mass is 9.35. The fourth-order valence-corrected chi connectivity index (χ4v) is 7.69. The number of nitrogens with zero attached hydrogens (tertiary/aromatic N) is 2. The van der Waals surface area contributed by atoms with E-state index in [0.717, 1.165) is 83.9 Å². The Morgan fingerprint density at radius 3 is 1.92 bits per heavy atom. The minimum Gasteiger partial charge on any atom is -0.458 e. The van der Waals surface area contributed by atoms with Crippen molar-refractivity contribution in [3.63, 3.8) is 0 Å². The molecule has 0 unspecified atom stereocenters. The molecule has 8 aromatic rings. The van der Waals surface area contributed by atoms with Gasteiger partial charge >= 0.3 is 0 Å². The molecule has 0 saturated carbocycles. The summed E-state index contributed by atoms with van der Waals surface area (Å²) in [6.45, 7) is 2.14. The molecule has 7 aromatic carbocycles. The van der Waals surface area contributed by atoms with Gasteiger partial charge in [-0.05, 0) is 90.1 Å². The number of aromatic nitrogens is 1. The zero-order valence-corrected chi connectivity index (χ0v) is 26.3. The lowest BCUT2D eigenvalue weighted by Gasteiger charge is -2.33. The molecule has 0 radical (unpaired) electrons. The molecule has 2 aliphatic heterocycles. The van der Waals surface area contributed by atoms with Gasteiger partial charge in [-0.3, -0.25) is 0 Å². The van der Waals surface area contributed by atoms with E-state index in [2.05, 4.69) is 168 Å². The average molecular weight is 617 g/mol. The predicted octanol–water partition coefficient (Wildman–Crippen LogP) is 9.29. The molecule has 0 saturated heterocycles. The quantitative estimate of drug-likeness (QED) is 0.185. The van der Waals surface area contributed by atoms with Gasteiger partial charge in [0.2, 0.25) is 0 Å². The number of para-hydroxylation sites is 4. The third-order valence-electron chi connectivity index (χ3n) is 9.72. The first-order chi connectivity index (χ1) is 23.7. The summed E-state index contributed by atoms with van der Waals surface area (Å²) >= 11 is 0. The number of benzene rings is 7. The van der Waals surface area contributed by atoms with Crippen LogP contribution in [0.2, 0.25) is 0 Å². The molecule has 0 amide bonds. The molecular formula is C43H29BN2O2. The van der Waals surface area contributed by atoms with Crippen molar-refractivity contribution < 1.29 is 9.47 Å². The van der Waals surface area contributed by atoms with Crippen molar-refractivity contribution in [2.75, 3.05) is 4.90 Å². The first-order valence-electron chi connectivity index (χ1n) is 16.4. The summed E-state index contributed by atoms with van der Waals surface area (Å²) in [5, 5.41) is 2.23. The van der Waals surface area contributed by atoms with Gasteiger partial charge < -0.3 is 18.9 Å². The normalized spacial score (nSPS) is 12.6. The van der Waals surface area contributed by atoms with Crippen LogP contribution < -0.4 is 30.8 Å². The van der Waals surface area contributed by atoms with Gasteiger partial charge in [-0.25, -0.2) is 0 Å². The second-order valence-corrected chi connectivity index (χ2v) is 12.6. The van der Waals surface area contributed by atoms with Crippen molar-refractivity contribution in [1.82, 2.24) is 4.57 Å². The first kappa shape index (κ1) is 27.0. The van der Waals surface area contributed by atoms with Crippen molar-refractivity contribution in [1.29, 1.82) is 0 Å². The van der Waals surface area contributed by atoms with Crippen LogP contribution in [0.1, 0.15) is 5.56 Å². The highest BCUT2D eigenvalue weighted by molar-refractivity contribution is 6.98. The first-order valence-corrected chi connectivity index (χ1v) is 16.4. The third-order valence-corrected chi connectivity index (χ3v) is 9.72. The maximum absolute atomic E-state index is 6.96. The third kappa shape index (κ3) is 3.97. The van der Waals surface area contributed by atoms with E-state index in [9.17, 15) is 0 Å². The molecule has 226 valence electrons. The SMILES string of the molecule is Cc1cccc(N(c2ccccc2)c2ccc3c4cc5c6c(c4n(-c4ccccc4)c3c2)Oc2ccccc2B6c2ccccc2O5)c1. The Labute approximate surface area is 279 Å². The van der Waals surface area contributed by atoms with E-state index in [1.165, 1.54) is 5.56 Å². The highest BCUT2D eigenvalue weighted by Crippen LogP contribution is 2.46. The van der Waals surface area contributed by atoms with Gasteiger partial charge in [0.25, 0.3) is 6.71 Å². The maximum Gasteiger partial charge on any atom is 0.260 e. The van der Waals surface area contributed by atoms with E-state index in [-0.39, 0.29) is 6.71 Å². The average Bonchev–Trinajstić information content (AvgIpc) is 3.46. The van der Waals surface area contributed by atoms with Crippen molar-refractivity contribution >= 4 is 62.0 Å². The molecule has 10 rings (SSSR count). The minimum absolute atomic E-state index is 0.00184. The summed E-state index contributed by atoms with van der Waals surface area (Å²) < 4.78 is 16.0. The number of anilines is 3. The summed E-state index contributed by atoms with van der Waals surface area (Å²) in [5.41, 5.74) is 11.1. The van der Waals surface area contributed by atoms with E-state index in [1.807, 2.05) is 6.07 Å². The number of hydrogen-bond acceptors (Lipinski definition) is 3. The maximum atomic E-state index is 6.96. The highest BCUT2D eigenvalue weighted by Gasteiger charge is 2.41. The summed E-state index contributed by atoms with van der Waals surface area (Å²) in [7, 11) is 0. The Morgan fingerprint density at radius 2 is 1.17 bits per heavy atom. The molecular weight excluding hydrogens is 587 g/mol. The Morgan fingerprint density at radius 1 is 0.521 bits per heavy atom. The van der Waals surface area contributed by atoms with Crippen LogP contribution >= 0.6 is 0 Å². The topological polar surface area (TPSA) is 26.6 Å². The molecule has 3 heterocycles.